The topological polar surface area (TPSA) is 198 Å². The van der Waals surface area contributed by atoms with Gasteiger partial charge < -0.3 is 25.6 Å². The number of carbonyl (C=O) groups excluding carboxylic acids is 1. The fourth-order valence-electron chi connectivity index (χ4n) is 4.53. The molecule has 0 aliphatic carbocycles. The molecule has 2 aliphatic rings. The van der Waals surface area contributed by atoms with Gasteiger partial charge in [0.05, 0.1) is 19.5 Å². The van der Waals surface area contributed by atoms with Crippen molar-refractivity contribution in [2.24, 2.45) is 5.41 Å². The van der Waals surface area contributed by atoms with E-state index in [2.05, 4.69) is 19.9 Å². The number of nitrogens with one attached hydrogen (secondary N) is 1. The van der Waals surface area contributed by atoms with Crippen LogP contribution in [0.5, 0.6) is 0 Å². The van der Waals surface area contributed by atoms with E-state index in [9.17, 15) is 24.4 Å². The molecule has 0 amide bonds. The first kappa shape index (κ1) is 32.0. The van der Waals surface area contributed by atoms with Crippen molar-refractivity contribution in [2.45, 2.75) is 58.2 Å². The Hall–Kier alpha value is -1.88. The van der Waals surface area contributed by atoms with Gasteiger partial charge in [-0.3, -0.25) is 28.2 Å². The Morgan fingerprint density at radius 3 is 2.68 bits per heavy atom. The van der Waals surface area contributed by atoms with Gasteiger partial charge >= 0.3 is 7.75 Å². The third kappa shape index (κ3) is 6.71. The molecule has 0 aromatic carbocycles. The normalized spacial score (nSPS) is 27.8. The number of aliphatic hydroxyl groups excluding tert-OH is 1. The van der Waals surface area contributed by atoms with E-state index in [0.29, 0.717) is 38.4 Å². The lowest BCUT2D eigenvalue weighted by Crippen LogP contribution is -2.45. The summed E-state index contributed by atoms with van der Waals surface area (Å²) in [5, 5.41) is 22.2. The minimum absolute atomic E-state index is 0.0108. The molecule has 2 aromatic rings. The van der Waals surface area contributed by atoms with Gasteiger partial charge in [-0.2, -0.15) is 4.98 Å². The van der Waals surface area contributed by atoms with Gasteiger partial charge in [0, 0.05) is 37.3 Å². The molecule has 2 fully saturated rings. The van der Waals surface area contributed by atoms with E-state index < -0.39 is 42.8 Å². The second-order valence-electron chi connectivity index (χ2n) is 11.2. The van der Waals surface area contributed by atoms with Crippen LogP contribution in [0.15, 0.2) is 11.1 Å². The third-order valence-corrected chi connectivity index (χ3v) is 11.0. The number of aromatic nitrogens is 4. The first-order chi connectivity index (χ1) is 19.2. The predicted molar refractivity (Wildman–Crippen MR) is 153 cm³/mol. The number of H-pyrrole nitrogens is 1. The minimum atomic E-state index is -3.87. The molecule has 1 unspecified atom stereocenters. The summed E-state index contributed by atoms with van der Waals surface area (Å²) >= 11 is 1.13. The highest BCUT2D eigenvalue weighted by molar-refractivity contribution is 8.13. The van der Waals surface area contributed by atoms with Crippen LogP contribution in [0.25, 0.3) is 11.2 Å². The zero-order valence-electron chi connectivity index (χ0n) is 24.0. The van der Waals surface area contributed by atoms with Gasteiger partial charge in [0.2, 0.25) is 5.95 Å². The molecule has 41 heavy (non-hydrogen) atoms. The van der Waals surface area contributed by atoms with Crippen LogP contribution >= 0.6 is 19.5 Å². The van der Waals surface area contributed by atoms with Gasteiger partial charge in [0.15, 0.2) is 22.5 Å². The van der Waals surface area contributed by atoms with Gasteiger partial charge in [-0.15, -0.1) is 0 Å². The first-order valence-electron chi connectivity index (χ1n) is 13.5. The molecule has 5 N–H and O–H groups in total. The lowest BCUT2D eigenvalue weighted by atomic mass is 9.92. The number of nitrogens with two attached hydrogens (primary N) is 1. The van der Waals surface area contributed by atoms with Crippen LogP contribution < -0.4 is 11.3 Å². The molecule has 0 spiro atoms. The molecular weight excluding hydrogens is 577 g/mol. The Morgan fingerprint density at radius 2 is 2.02 bits per heavy atom. The van der Waals surface area contributed by atoms with Crippen molar-refractivity contribution in [3.05, 3.63) is 16.7 Å². The van der Waals surface area contributed by atoms with E-state index in [0.717, 1.165) is 11.8 Å². The second-order valence-corrected chi connectivity index (χ2v) is 14.3. The Bertz CT molecular complexity index is 1340. The summed E-state index contributed by atoms with van der Waals surface area (Å²) in [5.74, 6) is 0.150. The molecule has 2 aliphatic heterocycles. The summed E-state index contributed by atoms with van der Waals surface area (Å²) in [6.45, 7) is 8.89. The number of aromatic amines is 1. The summed E-state index contributed by atoms with van der Waals surface area (Å²) in [6, 6.07) is 0. The average Bonchev–Trinajstić information content (AvgIpc) is 3.43. The van der Waals surface area contributed by atoms with Crippen molar-refractivity contribution in [3.63, 3.8) is 0 Å². The van der Waals surface area contributed by atoms with Gasteiger partial charge in [-0.1, -0.05) is 32.5 Å². The Labute approximate surface area is 242 Å². The number of nitrogen functional groups attached to an aromatic ring is 1. The van der Waals surface area contributed by atoms with Crippen LogP contribution in [0.1, 0.15) is 40.3 Å². The zero-order chi connectivity index (χ0) is 30.2. The Morgan fingerprint density at radius 1 is 1.34 bits per heavy atom. The average molecular weight is 618 g/mol. The molecule has 0 saturated carbocycles. The largest absolute Gasteiger partial charge is 0.408 e. The van der Waals surface area contributed by atoms with Crippen molar-refractivity contribution in [2.75, 3.05) is 57.9 Å². The Balaban J connectivity index is 1.47. The van der Waals surface area contributed by atoms with Crippen LogP contribution in [-0.4, -0.2) is 114 Å². The molecule has 17 heteroatoms. The summed E-state index contributed by atoms with van der Waals surface area (Å²) in [5.41, 5.74) is 2.85. The minimum Gasteiger partial charge on any atom is -0.387 e. The molecule has 2 saturated heterocycles. The molecule has 4 rings (SSSR count). The smallest absolute Gasteiger partial charge is 0.387 e. The number of hydrogen-bond acceptors (Lipinski definition) is 13. The van der Waals surface area contributed by atoms with E-state index in [1.165, 1.54) is 17.8 Å². The molecule has 15 nitrogen and oxygen atoms in total. The lowest BCUT2D eigenvalue weighted by Gasteiger charge is -2.36. The highest BCUT2D eigenvalue weighted by Crippen LogP contribution is 2.53. The van der Waals surface area contributed by atoms with Gasteiger partial charge in [0.1, 0.15) is 17.8 Å². The van der Waals surface area contributed by atoms with Crippen molar-refractivity contribution in [3.8, 4) is 0 Å². The summed E-state index contributed by atoms with van der Waals surface area (Å²) < 4.78 is 34.7. The maximum Gasteiger partial charge on any atom is 0.408 e. The molecule has 230 valence electrons. The number of rotatable bonds is 11. The van der Waals surface area contributed by atoms with Crippen LogP contribution in [0, 0.1) is 5.41 Å². The Kier molecular flexibility index (Phi) is 9.68. The molecule has 5 atom stereocenters. The van der Waals surface area contributed by atoms with Crippen molar-refractivity contribution >= 4 is 41.7 Å². The number of fused-ring (bicyclic) bond motifs is 1. The third-order valence-electron chi connectivity index (χ3n) is 7.69. The number of piperazine rings is 1. The van der Waals surface area contributed by atoms with Crippen LogP contribution in [0.4, 0.5) is 5.95 Å². The van der Waals surface area contributed by atoms with E-state index in [1.807, 2.05) is 27.8 Å². The van der Waals surface area contributed by atoms with E-state index in [-0.39, 0.29) is 35.4 Å². The van der Waals surface area contributed by atoms with E-state index >= 15 is 0 Å². The highest BCUT2D eigenvalue weighted by Gasteiger charge is 2.54. The van der Waals surface area contributed by atoms with Gasteiger partial charge in [-0.25, -0.2) is 14.2 Å². The maximum atomic E-state index is 14.0. The van der Waals surface area contributed by atoms with Crippen molar-refractivity contribution < 1.29 is 33.4 Å². The summed E-state index contributed by atoms with van der Waals surface area (Å²) in [4.78, 5) is 37.3. The second kappa shape index (κ2) is 12.4. The molecule has 4 heterocycles. The molecule has 2 aromatic heterocycles. The number of ether oxygens (including phenoxy) is 1. The monoisotopic (exact) mass is 617 g/mol. The van der Waals surface area contributed by atoms with Crippen LogP contribution in [-0.2, 0) is 23.1 Å². The van der Waals surface area contributed by atoms with Crippen molar-refractivity contribution in [1.29, 1.82) is 0 Å². The highest BCUT2D eigenvalue weighted by atomic mass is 32.2. The fraction of sp³-hybridized carbons (Fsp3) is 0.750. The molecular formula is C24H40N7O8PS. The van der Waals surface area contributed by atoms with Gasteiger partial charge in [-0.05, 0) is 20.4 Å². The number of anilines is 1. The van der Waals surface area contributed by atoms with Crippen LogP contribution in [0.2, 0.25) is 0 Å². The van der Waals surface area contributed by atoms with Crippen LogP contribution in [0.3, 0.4) is 0 Å². The maximum absolute atomic E-state index is 14.0. The molecule has 0 radical (unpaired) electrons. The number of carbonyl (C=O) groups is 1. The SMILES string of the molecule is CCC(C)(C)C(=O)SCCOP(=O)(OC[C@H]1O[C@@H](n2cnc3c(=O)[nH]c(N)nc32)[C@](C)(O)[C@@H]1O)N1CCN(C)CC1. The van der Waals surface area contributed by atoms with E-state index in [1.54, 1.807) is 4.67 Å². The fourth-order valence-corrected chi connectivity index (χ4v) is 7.27. The van der Waals surface area contributed by atoms with Gasteiger partial charge in [0.25, 0.3) is 5.56 Å². The first-order valence-corrected chi connectivity index (χ1v) is 16.0. The standard InChI is InChI=1S/C24H40N7O8PS/c1-6-23(2,3)21(34)41-12-11-37-40(36,30-9-7-29(5)8-10-30)38-13-15-17(32)24(4,35)20(39-15)31-14-26-16-18(31)27-22(25)28-19(16)33/h14-15,17,20,32,35H,6-13H2,1-5H3,(H3,25,27,28,33)/t15-,17-,20-,24-,40?/m1/s1. The zero-order valence-corrected chi connectivity index (χ0v) is 25.7. The number of hydrogen-bond donors (Lipinski definition) is 4. The van der Waals surface area contributed by atoms with Crippen molar-refractivity contribution in [1.82, 2.24) is 29.1 Å². The molecule has 0 bridgehead atoms. The number of nitrogens with zero attached hydrogens (tertiary/aromatic N) is 5. The number of likely N-dealkylation sites (N-methyl/N-ethyl adjacent to an activating group) is 1. The summed E-state index contributed by atoms with van der Waals surface area (Å²) in [6.07, 6.45) is -1.82. The summed E-state index contributed by atoms with van der Waals surface area (Å²) in [7, 11) is -1.90. The number of imidazole rings is 1. The predicted octanol–water partition coefficient (Wildman–Crippen LogP) is 0.796. The number of aliphatic hydroxyl groups is 2. The number of thioether (sulfide) groups is 1. The quantitative estimate of drug-likeness (QED) is 0.204. The lowest BCUT2D eigenvalue weighted by molar-refractivity contribution is -0.118. The van der Waals surface area contributed by atoms with E-state index in [4.69, 9.17) is 19.5 Å².